The molecule has 0 amide bonds. The summed E-state index contributed by atoms with van der Waals surface area (Å²) < 4.78 is 0. The van der Waals surface area contributed by atoms with E-state index in [2.05, 4.69) is 97.1 Å². The van der Waals surface area contributed by atoms with Crippen molar-refractivity contribution in [2.24, 2.45) is 4.99 Å². The van der Waals surface area contributed by atoms with E-state index in [9.17, 15) is 0 Å². The molecule has 1 nitrogen and oxygen atoms in total. The van der Waals surface area contributed by atoms with E-state index in [1.165, 1.54) is 33.3 Å². The molecule has 1 atom stereocenters. The maximum Gasteiger partial charge on any atom is 0.128 e. The van der Waals surface area contributed by atoms with Crippen LogP contribution in [-0.4, -0.2) is 19.8 Å². The smallest absolute Gasteiger partial charge is 0.128 e. The van der Waals surface area contributed by atoms with Crippen LogP contribution in [0.5, 0.6) is 0 Å². The molecule has 1 unspecified atom stereocenters. The maximum atomic E-state index is 5.15. The van der Waals surface area contributed by atoms with Crippen molar-refractivity contribution < 1.29 is 0 Å². The molecule has 0 aliphatic carbocycles. The van der Waals surface area contributed by atoms with E-state index in [1.54, 1.807) is 0 Å². The second-order valence-electron chi connectivity index (χ2n) is 7.69. The highest BCUT2D eigenvalue weighted by Gasteiger charge is 2.46. The van der Waals surface area contributed by atoms with E-state index >= 15 is 0 Å². The number of nitrogens with zero attached hydrogens (tertiary/aromatic N) is 1. The third-order valence-electron chi connectivity index (χ3n) is 5.99. The third-order valence-corrected chi connectivity index (χ3v) is 10.8. The van der Waals surface area contributed by atoms with E-state index in [1.807, 2.05) is 0 Å². The summed E-state index contributed by atoms with van der Waals surface area (Å²) in [6.07, 6.45) is 3.46. The Labute approximate surface area is 162 Å². The Bertz CT molecular complexity index is 927. The molecule has 2 aliphatic heterocycles. The number of benzene rings is 3. The van der Waals surface area contributed by atoms with Crippen LogP contribution in [0.4, 0.5) is 0 Å². The standard InChI is InChI=1S/C25H23NSi/c1-4-10-20(11-5-1)16-22-17-21-18-27(19-25(21)26-22,23-12-6-2-7-13-23)24-14-8-3-9-15-24/h1-15,17,22H,16,18-19H2. The van der Waals surface area contributed by atoms with Crippen molar-refractivity contribution in [1.29, 1.82) is 0 Å². The minimum atomic E-state index is -1.80. The number of hydrogen-bond acceptors (Lipinski definition) is 1. The van der Waals surface area contributed by atoms with Crippen LogP contribution in [0.3, 0.4) is 0 Å². The number of allylic oxidation sites excluding steroid dienone is 1. The van der Waals surface area contributed by atoms with Gasteiger partial charge in [0.05, 0.1) is 6.04 Å². The predicted molar refractivity (Wildman–Crippen MR) is 117 cm³/mol. The van der Waals surface area contributed by atoms with Crippen LogP contribution >= 0.6 is 0 Å². The molecule has 3 aromatic carbocycles. The van der Waals surface area contributed by atoms with Gasteiger partial charge >= 0.3 is 0 Å². The van der Waals surface area contributed by atoms with E-state index in [0.717, 1.165) is 12.5 Å². The molecule has 0 aromatic heterocycles. The fourth-order valence-electron chi connectivity index (χ4n) is 4.69. The number of aliphatic imine (C=N–C) groups is 1. The van der Waals surface area contributed by atoms with Gasteiger partial charge in [-0.3, -0.25) is 4.99 Å². The van der Waals surface area contributed by atoms with E-state index in [-0.39, 0.29) is 0 Å². The average molecular weight is 366 g/mol. The first kappa shape index (κ1) is 16.5. The minimum absolute atomic E-state index is 0.316. The second kappa shape index (κ2) is 6.79. The molecule has 0 bridgehead atoms. The van der Waals surface area contributed by atoms with Crippen molar-refractivity contribution in [2.45, 2.75) is 24.6 Å². The first-order valence-corrected chi connectivity index (χ1v) is 12.2. The fraction of sp³-hybridized carbons (Fsp3) is 0.160. The lowest BCUT2D eigenvalue weighted by Gasteiger charge is -2.27. The van der Waals surface area contributed by atoms with Gasteiger partial charge in [-0.05, 0) is 29.6 Å². The summed E-state index contributed by atoms with van der Waals surface area (Å²) in [5.41, 5.74) is 4.25. The lowest BCUT2D eigenvalue weighted by Crippen LogP contribution is -2.56. The van der Waals surface area contributed by atoms with E-state index in [0.29, 0.717) is 6.04 Å². The summed E-state index contributed by atoms with van der Waals surface area (Å²) in [6, 6.07) is 35.7. The number of fused-ring (bicyclic) bond motifs is 1. The molecule has 2 aliphatic rings. The van der Waals surface area contributed by atoms with E-state index < -0.39 is 8.07 Å². The molecule has 0 radical (unpaired) electrons. The fourth-order valence-corrected chi connectivity index (χ4v) is 9.49. The minimum Gasteiger partial charge on any atom is -0.282 e. The van der Waals surface area contributed by atoms with Crippen LogP contribution in [0.25, 0.3) is 0 Å². The summed E-state index contributed by atoms with van der Waals surface area (Å²) >= 11 is 0. The average Bonchev–Trinajstić information content (AvgIpc) is 3.27. The molecule has 3 aromatic rings. The zero-order valence-corrected chi connectivity index (χ0v) is 16.4. The Hall–Kier alpha value is -2.71. The predicted octanol–water partition coefficient (Wildman–Crippen LogP) is 4.26. The highest BCUT2D eigenvalue weighted by atomic mass is 28.3. The van der Waals surface area contributed by atoms with Gasteiger partial charge in [0.2, 0.25) is 0 Å². The third kappa shape index (κ3) is 3.00. The van der Waals surface area contributed by atoms with Gasteiger partial charge in [-0.25, -0.2) is 0 Å². The van der Waals surface area contributed by atoms with Crippen LogP contribution in [-0.2, 0) is 6.42 Å². The molecular formula is C25H23NSi. The number of hydrogen-bond donors (Lipinski definition) is 0. The monoisotopic (exact) mass is 365 g/mol. The highest BCUT2D eigenvalue weighted by molar-refractivity contribution is 7.06. The van der Waals surface area contributed by atoms with Crippen LogP contribution in [0, 0.1) is 0 Å². The van der Waals surface area contributed by atoms with Gasteiger partial charge in [0.15, 0.2) is 0 Å². The van der Waals surface area contributed by atoms with Gasteiger partial charge < -0.3 is 0 Å². The van der Waals surface area contributed by atoms with Crippen molar-refractivity contribution >= 4 is 24.2 Å². The lowest BCUT2D eigenvalue weighted by molar-refractivity contribution is 0.823. The molecular weight excluding hydrogens is 342 g/mol. The zero-order chi connectivity index (χ0) is 18.1. The van der Waals surface area contributed by atoms with Crippen molar-refractivity contribution in [2.75, 3.05) is 0 Å². The van der Waals surface area contributed by atoms with Gasteiger partial charge in [-0.1, -0.05) is 107 Å². The van der Waals surface area contributed by atoms with Gasteiger partial charge in [0.25, 0.3) is 0 Å². The lowest BCUT2D eigenvalue weighted by atomic mass is 10.1. The first-order chi connectivity index (χ1) is 13.3. The van der Waals surface area contributed by atoms with Gasteiger partial charge in [-0.2, -0.15) is 0 Å². The van der Waals surface area contributed by atoms with Crippen molar-refractivity contribution in [1.82, 2.24) is 0 Å². The first-order valence-electron chi connectivity index (χ1n) is 9.76. The molecule has 5 rings (SSSR count). The van der Waals surface area contributed by atoms with Crippen molar-refractivity contribution in [3.63, 3.8) is 0 Å². The molecule has 0 N–H and O–H groups in total. The quantitative estimate of drug-likeness (QED) is 0.613. The summed E-state index contributed by atoms with van der Waals surface area (Å²) in [7, 11) is -1.80. The summed E-state index contributed by atoms with van der Waals surface area (Å²) in [5.74, 6) is 0. The van der Waals surface area contributed by atoms with Crippen LogP contribution in [0.1, 0.15) is 5.56 Å². The molecule has 2 heterocycles. The Morgan fingerprint density at radius 3 is 1.81 bits per heavy atom. The summed E-state index contributed by atoms with van der Waals surface area (Å²) in [6.45, 7) is 0. The Morgan fingerprint density at radius 1 is 0.704 bits per heavy atom. The highest BCUT2D eigenvalue weighted by Crippen LogP contribution is 2.37. The Kier molecular flexibility index (Phi) is 4.14. The van der Waals surface area contributed by atoms with Gasteiger partial charge in [0.1, 0.15) is 8.07 Å². The molecule has 1 saturated heterocycles. The van der Waals surface area contributed by atoms with Crippen molar-refractivity contribution in [3.8, 4) is 0 Å². The van der Waals surface area contributed by atoms with Crippen LogP contribution < -0.4 is 10.4 Å². The molecule has 1 fully saturated rings. The SMILES string of the molecule is C1=C2C[Si](c3ccccc3)(c3ccccc3)CC2=NC1Cc1ccccc1. The summed E-state index contributed by atoms with van der Waals surface area (Å²) in [5, 5.41) is 3.07. The molecule has 27 heavy (non-hydrogen) atoms. The molecule has 0 spiro atoms. The Morgan fingerprint density at radius 2 is 1.26 bits per heavy atom. The normalized spacial score (nSPS) is 20.1. The van der Waals surface area contributed by atoms with E-state index in [4.69, 9.17) is 4.99 Å². The van der Waals surface area contributed by atoms with Crippen LogP contribution in [0.15, 0.2) is 108 Å². The summed E-state index contributed by atoms with van der Waals surface area (Å²) in [4.78, 5) is 5.15. The second-order valence-corrected chi connectivity index (χ2v) is 11.7. The number of rotatable bonds is 4. The topological polar surface area (TPSA) is 12.4 Å². The molecule has 132 valence electrons. The largest absolute Gasteiger partial charge is 0.282 e. The van der Waals surface area contributed by atoms with Gasteiger partial charge in [0, 0.05) is 5.71 Å². The molecule has 2 heteroatoms. The Balaban J connectivity index is 1.48. The van der Waals surface area contributed by atoms with Gasteiger partial charge in [-0.15, -0.1) is 0 Å². The zero-order valence-electron chi connectivity index (χ0n) is 15.4. The van der Waals surface area contributed by atoms with Crippen LogP contribution in [0.2, 0.25) is 12.1 Å². The molecule has 0 saturated carbocycles. The van der Waals surface area contributed by atoms with Crippen molar-refractivity contribution in [3.05, 3.63) is 108 Å². The maximum absolute atomic E-state index is 5.15.